The number of nitrogens with zero attached hydrogens (tertiary/aromatic N) is 1. The lowest BCUT2D eigenvalue weighted by Crippen LogP contribution is -2.07. The van der Waals surface area contributed by atoms with E-state index >= 15 is 0 Å². The summed E-state index contributed by atoms with van der Waals surface area (Å²) in [4.78, 5) is 11.0. The zero-order valence-electron chi connectivity index (χ0n) is 8.88. The molecule has 0 aliphatic heterocycles. The molecule has 0 fully saturated rings. The highest BCUT2D eigenvalue weighted by molar-refractivity contribution is 7.06. The zero-order chi connectivity index (χ0) is 11.5. The molecule has 16 heavy (non-hydrogen) atoms. The molecule has 1 aromatic carbocycles. The maximum atomic E-state index is 11.0. The van der Waals surface area contributed by atoms with Gasteiger partial charge in [-0.15, -0.1) is 0 Å². The first kappa shape index (κ1) is 10.7. The average molecular weight is 232 g/mol. The summed E-state index contributed by atoms with van der Waals surface area (Å²) in [5.74, 6) is 0. The van der Waals surface area contributed by atoms with Crippen molar-refractivity contribution in [2.75, 3.05) is 0 Å². The third kappa shape index (κ3) is 1.92. The predicted octanol–water partition coefficient (Wildman–Crippen LogP) is 2.34. The third-order valence-corrected chi connectivity index (χ3v) is 3.11. The number of aryl methyl sites for hydroxylation is 1. The van der Waals surface area contributed by atoms with Crippen LogP contribution in [0.4, 0.5) is 0 Å². The second-order valence-electron chi connectivity index (χ2n) is 3.50. The van der Waals surface area contributed by atoms with Crippen molar-refractivity contribution in [3.05, 3.63) is 47.0 Å². The molecule has 0 spiro atoms. The topological polar surface area (TPSA) is 48.0 Å². The number of hydrogen-bond acceptors (Lipinski definition) is 3. The van der Waals surface area contributed by atoms with E-state index < -0.39 is 0 Å². The molecule has 2 N–H and O–H groups in total. The average Bonchev–Trinajstić information content (AvgIpc) is 2.22. The maximum absolute atomic E-state index is 11.0. The summed E-state index contributed by atoms with van der Waals surface area (Å²) < 4.78 is 1.75. The Labute approximate surface area is 98.0 Å². The van der Waals surface area contributed by atoms with Crippen LogP contribution < -0.4 is 5.73 Å². The number of allylic oxidation sites excluding steroid dienone is 1. The molecule has 0 saturated carbocycles. The number of carbonyl (C=O) groups is 1. The number of aromatic nitrogens is 1. The molecule has 0 aliphatic carbocycles. The fourth-order valence-corrected chi connectivity index (χ4v) is 1.95. The highest BCUT2D eigenvalue weighted by Crippen LogP contribution is 2.19. The van der Waals surface area contributed by atoms with Gasteiger partial charge in [0.05, 0.1) is 5.70 Å². The fourth-order valence-electron chi connectivity index (χ4n) is 1.45. The molecule has 1 heterocycles. The third-order valence-electron chi connectivity index (χ3n) is 2.32. The number of nitrogens with two attached hydrogens (primary N) is 1. The van der Waals surface area contributed by atoms with Crippen molar-refractivity contribution in [1.82, 2.24) is 3.96 Å². The van der Waals surface area contributed by atoms with Gasteiger partial charge in [-0.25, -0.2) is 0 Å². The molecule has 0 radical (unpaired) electrons. The zero-order valence-corrected chi connectivity index (χ0v) is 9.70. The molecule has 1 aromatic heterocycles. The highest BCUT2D eigenvalue weighted by atomic mass is 32.1. The standard InChI is InChI=1S/C12H12N2OS/c1-9-3-2-4-10(7-9)12(13)11(8-15)14-5-6-16-14/h2-8H,13H2,1H3/b12-11-. The summed E-state index contributed by atoms with van der Waals surface area (Å²) in [5, 5.41) is 1.90. The second-order valence-corrected chi connectivity index (χ2v) is 4.38. The van der Waals surface area contributed by atoms with Crippen LogP contribution in [-0.4, -0.2) is 10.2 Å². The van der Waals surface area contributed by atoms with Gasteiger partial charge >= 0.3 is 0 Å². The van der Waals surface area contributed by atoms with Gasteiger partial charge in [0.2, 0.25) is 0 Å². The van der Waals surface area contributed by atoms with E-state index in [2.05, 4.69) is 0 Å². The molecule has 0 saturated heterocycles. The van der Waals surface area contributed by atoms with E-state index in [9.17, 15) is 4.79 Å². The minimum absolute atomic E-state index is 0.498. The van der Waals surface area contributed by atoms with Crippen molar-refractivity contribution in [2.24, 2.45) is 5.73 Å². The minimum atomic E-state index is 0.498. The highest BCUT2D eigenvalue weighted by Gasteiger charge is 2.08. The SMILES string of the molecule is Cc1cccc(/C(N)=C(\C=O)n2ccs2)c1. The molecule has 3 nitrogen and oxygen atoms in total. The van der Waals surface area contributed by atoms with Gasteiger partial charge < -0.3 is 5.73 Å². The first-order valence-electron chi connectivity index (χ1n) is 4.87. The monoisotopic (exact) mass is 232 g/mol. The van der Waals surface area contributed by atoms with Crippen LogP contribution in [0, 0.1) is 6.92 Å². The van der Waals surface area contributed by atoms with Crippen LogP contribution in [0.3, 0.4) is 0 Å². The Morgan fingerprint density at radius 1 is 1.50 bits per heavy atom. The van der Waals surface area contributed by atoms with Crippen LogP contribution in [0.5, 0.6) is 0 Å². The molecular weight excluding hydrogens is 220 g/mol. The Hall–Kier alpha value is -1.81. The summed E-state index contributed by atoms with van der Waals surface area (Å²) in [6, 6.07) is 7.79. The van der Waals surface area contributed by atoms with Crippen LogP contribution in [0.2, 0.25) is 0 Å². The molecule has 2 aromatic rings. The van der Waals surface area contributed by atoms with Gasteiger partial charge in [0.15, 0.2) is 6.29 Å². The predicted molar refractivity (Wildman–Crippen MR) is 66.8 cm³/mol. The first-order valence-corrected chi connectivity index (χ1v) is 5.70. The molecule has 82 valence electrons. The Bertz CT molecular complexity index is 527. The molecule has 0 aliphatic rings. The maximum Gasteiger partial charge on any atom is 0.169 e. The molecule has 0 atom stereocenters. The number of hydrogen-bond donors (Lipinski definition) is 1. The van der Waals surface area contributed by atoms with Gasteiger partial charge in [0.1, 0.15) is 5.70 Å². The van der Waals surface area contributed by atoms with Gasteiger partial charge in [-0.1, -0.05) is 35.3 Å². The largest absolute Gasteiger partial charge is 0.396 e. The normalized spacial score (nSPS) is 12.3. The number of aldehydes is 1. The van der Waals surface area contributed by atoms with Crippen LogP contribution in [-0.2, 0) is 4.79 Å². The molecule has 0 amide bonds. The van der Waals surface area contributed by atoms with Crippen LogP contribution in [0.25, 0.3) is 11.4 Å². The molecule has 2 rings (SSSR count). The lowest BCUT2D eigenvalue weighted by Gasteiger charge is -2.11. The van der Waals surface area contributed by atoms with Gasteiger partial charge in [0, 0.05) is 11.6 Å². The van der Waals surface area contributed by atoms with E-state index in [1.165, 1.54) is 11.5 Å². The van der Waals surface area contributed by atoms with E-state index in [1.54, 1.807) is 3.96 Å². The summed E-state index contributed by atoms with van der Waals surface area (Å²) in [7, 11) is 0. The van der Waals surface area contributed by atoms with Crippen molar-refractivity contribution in [2.45, 2.75) is 6.92 Å². The molecule has 0 unspecified atom stereocenters. The van der Waals surface area contributed by atoms with Gasteiger partial charge in [0.25, 0.3) is 0 Å². The Morgan fingerprint density at radius 3 is 2.75 bits per heavy atom. The molecule has 4 heteroatoms. The first-order chi connectivity index (χ1) is 7.72. The van der Waals surface area contributed by atoms with E-state index in [-0.39, 0.29) is 0 Å². The van der Waals surface area contributed by atoms with Gasteiger partial charge in [-0.3, -0.25) is 8.75 Å². The number of carbonyl (C=O) groups excluding carboxylic acids is 1. The van der Waals surface area contributed by atoms with Crippen LogP contribution in [0.15, 0.2) is 35.8 Å². The quantitative estimate of drug-likeness (QED) is 0.652. The molecule has 0 bridgehead atoms. The summed E-state index contributed by atoms with van der Waals surface area (Å²) in [5.41, 5.74) is 9.00. The van der Waals surface area contributed by atoms with E-state index in [0.29, 0.717) is 11.4 Å². The van der Waals surface area contributed by atoms with Crippen LogP contribution in [0.1, 0.15) is 11.1 Å². The Morgan fingerprint density at radius 2 is 2.25 bits per heavy atom. The fraction of sp³-hybridized carbons (Fsp3) is 0.0833. The Kier molecular flexibility index (Phi) is 2.92. The summed E-state index contributed by atoms with van der Waals surface area (Å²) >= 11 is 1.45. The van der Waals surface area contributed by atoms with E-state index in [4.69, 9.17) is 5.73 Å². The minimum Gasteiger partial charge on any atom is -0.396 e. The van der Waals surface area contributed by atoms with Crippen molar-refractivity contribution in [1.29, 1.82) is 0 Å². The van der Waals surface area contributed by atoms with E-state index in [0.717, 1.165) is 17.4 Å². The lowest BCUT2D eigenvalue weighted by molar-refractivity contribution is -0.103. The second kappa shape index (κ2) is 4.37. The number of rotatable bonds is 3. The molecular formula is C12H12N2OS. The smallest absolute Gasteiger partial charge is 0.169 e. The van der Waals surface area contributed by atoms with Gasteiger partial charge in [-0.05, 0) is 18.6 Å². The van der Waals surface area contributed by atoms with Crippen molar-refractivity contribution in [3.8, 4) is 0 Å². The van der Waals surface area contributed by atoms with Gasteiger partial charge in [-0.2, -0.15) is 0 Å². The Balaban J connectivity index is 2.48. The van der Waals surface area contributed by atoms with Crippen LogP contribution >= 0.6 is 11.5 Å². The van der Waals surface area contributed by atoms with E-state index in [1.807, 2.05) is 42.8 Å². The van der Waals surface area contributed by atoms with Crippen molar-refractivity contribution >= 4 is 29.2 Å². The summed E-state index contributed by atoms with van der Waals surface area (Å²) in [6.45, 7) is 2.00. The number of benzene rings is 1. The lowest BCUT2D eigenvalue weighted by atomic mass is 10.1. The summed E-state index contributed by atoms with van der Waals surface area (Å²) in [6.07, 6.45) is 2.60. The van der Waals surface area contributed by atoms with Crippen molar-refractivity contribution in [3.63, 3.8) is 0 Å². The van der Waals surface area contributed by atoms with Crippen molar-refractivity contribution < 1.29 is 4.79 Å².